The van der Waals surface area contributed by atoms with Gasteiger partial charge in [0.15, 0.2) is 0 Å². The summed E-state index contributed by atoms with van der Waals surface area (Å²) in [6, 6.07) is 0. The third-order valence-electron chi connectivity index (χ3n) is 2.59. The van der Waals surface area contributed by atoms with Crippen molar-refractivity contribution in [3.05, 3.63) is 0 Å². The van der Waals surface area contributed by atoms with Crippen LogP contribution in [0.25, 0.3) is 0 Å². The van der Waals surface area contributed by atoms with Crippen LogP contribution < -0.4 is 0 Å². The van der Waals surface area contributed by atoms with E-state index in [1.165, 1.54) is 38.5 Å². The molecular weight excluding hydrogens is 242 g/mol. The molecular formula is C10H17Cl3O. The van der Waals surface area contributed by atoms with Crippen LogP contribution in [0.1, 0.15) is 38.5 Å². The molecule has 0 spiro atoms. The van der Waals surface area contributed by atoms with Gasteiger partial charge in [-0.15, -0.1) is 0 Å². The molecule has 1 nitrogen and oxygen atoms in total. The minimum absolute atomic E-state index is 0.203. The van der Waals surface area contributed by atoms with E-state index in [-0.39, 0.29) is 6.61 Å². The summed E-state index contributed by atoms with van der Waals surface area (Å²) in [6.45, 7) is 0.947. The highest BCUT2D eigenvalue weighted by Crippen LogP contribution is 2.27. The summed E-state index contributed by atoms with van der Waals surface area (Å²) in [7, 11) is 0. The molecule has 0 aromatic rings. The topological polar surface area (TPSA) is 9.23 Å². The zero-order valence-corrected chi connectivity index (χ0v) is 10.5. The van der Waals surface area contributed by atoms with Gasteiger partial charge in [0.2, 0.25) is 3.79 Å². The first-order valence-corrected chi connectivity index (χ1v) is 6.36. The van der Waals surface area contributed by atoms with Gasteiger partial charge in [-0.1, -0.05) is 60.5 Å². The fourth-order valence-corrected chi connectivity index (χ4v) is 2.10. The normalized spacial score (nSPS) is 20.8. The number of halogens is 3. The molecule has 0 aromatic heterocycles. The first-order valence-electron chi connectivity index (χ1n) is 5.22. The van der Waals surface area contributed by atoms with E-state index in [9.17, 15) is 0 Å². The Labute approximate surface area is 101 Å². The van der Waals surface area contributed by atoms with E-state index in [0.717, 1.165) is 6.61 Å². The second kappa shape index (κ2) is 6.42. The summed E-state index contributed by atoms with van der Waals surface area (Å²) < 4.78 is 4.14. The van der Waals surface area contributed by atoms with Crippen molar-refractivity contribution in [1.82, 2.24) is 0 Å². The monoisotopic (exact) mass is 258 g/mol. The minimum atomic E-state index is -1.26. The summed E-state index contributed by atoms with van der Waals surface area (Å²) in [5, 5.41) is 0. The highest BCUT2D eigenvalue weighted by atomic mass is 35.6. The van der Waals surface area contributed by atoms with Crippen LogP contribution >= 0.6 is 34.8 Å². The van der Waals surface area contributed by atoms with Gasteiger partial charge < -0.3 is 4.74 Å². The number of ether oxygens (including phenoxy) is 1. The van der Waals surface area contributed by atoms with Gasteiger partial charge in [-0.3, -0.25) is 0 Å². The van der Waals surface area contributed by atoms with Crippen LogP contribution in [0.2, 0.25) is 0 Å². The Morgan fingerprint density at radius 1 is 1.00 bits per heavy atom. The van der Waals surface area contributed by atoms with Crippen LogP contribution in [0.5, 0.6) is 0 Å². The zero-order valence-electron chi connectivity index (χ0n) is 8.28. The Morgan fingerprint density at radius 3 is 2.07 bits per heavy atom. The van der Waals surface area contributed by atoms with Gasteiger partial charge in [-0.25, -0.2) is 0 Å². The van der Waals surface area contributed by atoms with E-state index < -0.39 is 3.79 Å². The molecule has 0 N–H and O–H groups in total. The van der Waals surface area contributed by atoms with Crippen LogP contribution in [0, 0.1) is 5.92 Å². The first-order chi connectivity index (χ1) is 6.58. The molecule has 1 aliphatic rings. The van der Waals surface area contributed by atoms with E-state index in [2.05, 4.69) is 0 Å². The lowest BCUT2D eigenvalue weighted by Crippen LogP contribution is -2.17. The second-order valence-electron chi connectivity index (χ2n) is 3.99. The summed E-state index contributed by atoms with van der Waals surface area (Å²) >= 11 is 16.8. The molecule has 0 atom stereocenters. The van der Waals surface area contributed by atoms with Crippen molar-refractivity contribution in [3.63, 3.8) is 0 Å². The predicted octanol–water partition coefficient (Wildman–Crippen LogP) is 4.34. The van der Waals surface area contributed by atoms with E-state index in [1.54, 1.807) is 0 Å². The fraction of sp³-hybridized carbons (Fsp3) is 1.00. The summed E-state index contributed by atoms with van der Waals surface area (Å²) in [6.07, 6.45) is 7.89. The fourth-order valence-electron chi connectivity index (χ4n) is 1.87. The molecule has 0 aromatic carbocycles. The number of alkyl halides is 3. The summed E-state index contributed by atoms with van der Waals surface area (Å²) in [5.74, 6) is 0.671. The van der Waals surface area contributed by atoms with Crippen LogP contribution in [0.15, 0.2) is 0 Å². The Morgan fingerprint density at radius 2 is 1.57 bits per heavy atom. The van der Waals surface area contributed by atoms with Crippen LogP contribution in [-0.4, -0.2) is 17.0 Å². The molecule has 0 bridgehead atoms. The highest BCUT2D eigenvalue weighted by Gasteiger charge is 2.21. The Hall–Kier alpha value is 0.830. The molecule has 0 radical (unpaired) electrons. The molecule has 0 amide bonds. The van der Waals surface area contributed by atoms with Gasteiger partial charge in [0, 0.05) is 6.61 Å². The van der Waals surface area contributed by atoms with Gasteiger partial charge in [0.05, 0.1) is 6.61 Å². The molecule has 0 saturated heterocycles. The lowest BCUT2D eigenvalue weighted by Gasteiger charge is -2.16. The largest absolute Gasteiger partial charge is 0.377 e. The number of rotatable bonds is 3. The average molecular weight is 260 g/mol. The Balaban J connectivity index is 2.10. The van der Waals surface area contributed by atoms with E-state index in [1.807, 2.05) is 0 Å². The number of hydrogen-bond donors (Lipinski definition) is 0. The van der Waals surface area contributed by atoms with Gasteiger partial charge in [-0.05, 0) is 18.8 Å². The Bertz CT molecular complexity index is 148. The van der Waals surface area contributed by atoms with Crippen molar-refractivity contribution in [1.29, 1.82) is 0 Å². The first kappa shape index (κ1) is 12.9. The maximum Gasteiger partial charge on any atom is 0.213 e. The Kier molecular flexibility index (Phi) is 5.91. The second-order valence-corrected chi connectivity index (χ2v) is 6.50. The summed E-state index contributed by atoms with van der Waals surface area (Å²) in [5.41, 5.74) is 0. The minimum Gasteiger partial charge on any atom is -0.377 e. The molecule has 0 heterocycles. The van der Waals surface area contributed by atoms with Crippen molar-refractivity contribution >= 4 is 34.8 Å². The third kappa shape index (κ3) is 6.34. The standard InChI is InChI=1S/C10H17Cl3O/c11-10(12,13)8-14-7-9-5-3-1-2-4-6-9/h9H,1-8H2. The van der Waals surface area contributed by atoms with Crippen LogP contribution in [0.3, 0.4) is 0 Å². The molecule has 84 valence electrons. The smallest absolute Gasteiger partial charge is 0.213 e. The quantitative estimate of drug-likeness (QED) is 0.541. The van der Waals surface area contributed by atoms with E-state index in [0.29, 0.717) is 5.92 Å². The lowest BCUT2D eigenvalue weighted by molar-refractivity contribution is 0.0978. The van der Waals surface area contributed by atoms with Gasteiger partial charge in [-0.2, -0.15) is 0 Å². The third-order valence-corrected chi connectivity index (χ3v) is 2.92. The van der Waals surface area contributed by atoms with Crippen molar-refractivity contribution in [3.8, 4) is 0 Å². The van der Waals surface area contributed by atoms with Crippen molar-refractivity contribution in [2.75, 3.05) is 13.2 Å². The molecule has 14 heavy (non-hydrogen) atoms. The molecule has 0 unspecified atom stereocenters. The predicted molar refractivity (Wildman–Crippen MR) is 62.3 cm³/mol. The van der Waals surface area contributed by atoms with Gasteiger partial charge in [0.25, 0.3) is 0 Å². The van der Waals surface area contributed by atoms with E-state index >= 15 is 0 Å². The highest BCUT2D eigenvalue weighted by molar-refractivity contribution is 6.67. The molecule has 1 aliphatic carbocycles. The number of hydrogen-bond acceptors (Lipinski definition) is 1. The maximum atomic E-state index is 5.59. The van der Waals surface area contributed by atoms with E-state index in [4.69, 9.17) is 39.5 Å². The lowest BCUT2D eigenvalue weighted by atomic mass is 10.0. The summed E-state index contributed by atoms with van der Waals surface area (Å²) in [4.78, 5) is 0. The maximum absolute atomic E-state index is 5.59. The average Bonchev–Trinajstić information content (AvgIpc) is 2.30. The van der Waals surface area contributed by atoms with Crippen LogP contribution in [0.4, 0.5) is 0 Å². The molecule has 1 fully saturated rings. The van der Waals surface area contributed by atoms with Crippen LogP contribution in [-0.2, 0) is 4.74 Å². The van der Waals surface area contributed by atoms with Crippen molar-refractivity contribution < 1.29 is 4.74 Å². The molecule has 1 saturated carbocycles. The van der Waals surface area contributed by atoms with Crippen molar-refractivity contribution in [2.45, 2.75) is 42.3 Å². The van der Waals surface area contributed by atoms with Gasteiger partial charge in [0.1, 0.15) is 0 Å². The molecule has 1 rings (SSSR count). The zero-order chi connectivity index (χ0) is 10.4. The molecule has 0 aliphatic heterocycles. The van der Waals surface area contributed by atoms with Gasteiger partial charge >= 0.3 is 0 Å². The molecule has 4 heteroatoms. The van der Waals surface area contributed by atoms with Crippen molar-refractivity contribution in [2.24, 2.45) is 5.92 Å². The SMILES string of the molecule is ClC(Cl)(Cl)COCC1CCCCCC1.